The summed E-state index contributed by atoms with van der Waals surface area (Å²) in [4.78, 5) is 72.5. The molecule has 2 aromatic heterocycles. The van der Waals surface area contributed by atoms with E-state index in [-0.39, 0.29) is 47.1 Å². The first-order valence-electron chi connectivity index (χ1n) is 13.4. The number of nitrogens with zero attached hydrogens (tertiary/aromatic N) is 6. The molecule has 2 aliphatic heterocycles. The molecule has 1 saturated heterocycles. The molecule has 0 spiro atoms. The third-order valence-electron chi connectivity index (χ3n) is 6.77. The predicted octanol–water partition coefficient (Wildman–Crippen LogP) is -3.45. The van der Waals surface area contributed by atoms with Crippen molar-refractivity contribution in [2.24, 2.45) is 23.9 Å². The average Bonchev–Trinajstić information content (AvgIpc) is 3.57. The van der Waals surface area contributed by atoms with Gasteiger partial charge >= 0.3 is 18.0 Å². The summed E-state index contributed by atoms with van der Waals surface area (Å²) in [5.41, 5.74) is 15.3. The number of anilines is 3. The Balaban J connectivity index is 0.00000121. The molecule has 268 valence electrons. The molecule has 0 bridgehead atoms. The van der Waals surface area contributed by atoms with Crippen LogP contribution >= 0.6 is 23.3 Å². The van der Waals surface area contributed by atoms with Gasteiger partial charge in [0.15, 0.2) is 34.7 Å². The molecule has 3 amide bonds. The van der Waals surface area contributed by atoms with Crippen molar-refractivity contribution in [1.82, 2.24) is 24.3 Å². The van der Waals surface area contributed by atoms with Gasteiger partial charge in [-0.3, -0.25) is 19.8 Å². The van der Waals surface area contributed by atoms with Gasteiger partial charge in [-0.05, 0) is 13.8 Å². The lowest BCUT2D eigenvalue weighted by atomic mass is 9.89. The Kier molecular flexibility index (Phi) is 12.7. The fourth-order valence-corrected chi connectivity index (χ4v) is 6.14. The zero-order valence-electron chi connectivity index (χ0n) is 25.7. The number of carbonyl (C=O) groups excluding carboxylic acids is 3. The predicted molar refractivity (Wildman–Crippen MR) is 166 cm³/mol. The van der Waals surface area contributed by atoms with Crippen LogP contribution in [0.15, 0.2) is 22.6 Å². The van der Waals surface area contributed by atoms with E-state index in [2.05, 4.69) is 29.5 Å². The van der Waals surface area contributed by atoms with E-state index < -0.39 is 70.0 Å². The number of carboxylic acid groups (broad SMARTS) is 2. The summed E-state index contributed by atoms with van der Waals surface area (Å²) in [6.07, 6.45) is 1.12. The first kappa shape index (κ1) is 38.7. The average molecular weight is 749 g/mol. The molecule has 4 rings (SSSR count). The number of aliphatic carboxylic acids is 2. The highest BCUT2D eigenvalue weighted by atomic mass is 32.2. The van der Waals surface area contributed by atoms with Crippen LogP contribution in [0.1, 0.15) is 26.1 Å². The lowest BCUT2D eigenvalue weighted by Crippen LogP contribution is -2.62. The molecular weight excluding hydrogens is 719 g/mol. The van der Waals surface area contributed by atoms with Crippen LogP contribution in [0.25, 0.3) is 0 Å². The summed E-state index contributed by atoms with van der Waals surface area (Å²) in [6, 6.07) is -0.579. The van der Waals surface area contributed by atoms with Crippen LogP contribution in [-0.4, -0.2) is 96.7 Å². The summed E-state index contributed by atoms with van der Waals surface area (Å²) in [5.74, 6) is -4.70. The van der Waals surface area contributed by atoms with Crippen molar-refractivity contribution in [2.75, 3.05) is 29.2 Å². The summed E-state index contributed by atoms with van der Waals surface area (Å²) < 4.78 is 27.1. The van der Waals surface area contributed by atoms with E-state index in [1.54, 1.807) is 11.7 Å². The quantitative estimate of drug-likeness (QED) is 0.0199. The molecule has 0 saturated carbocycles. The van der Waals surface area contributed by atoms with Gasteiger partial charge in [0.2, 0.25) is 23.5 Å². The van der Waals surface area contributed by atoms with Gasteiger partial charge in [0.1, 0.15) is 5.70 Å². The number of hydrogen-bond acceptors (Lipinski definition) is 18. The standard InChI is InChI=1S/C23H29N11O8S2.H2O4S/c1-23(2,20(39)40)42-30-13(16-29-21(26)44-31-16)12(35)4-10-17(36)34-14(19(37)38)9(7-43-18(10)34)5-33-6-11(15(25)32(33)3)28-22(41)27-8-24;1-4-5(2)3/h6,10,18,25H,4-5,7-8,24H2,1-3H3,(H6,26,27,28,29,31,37,38,39,40,41);1H,(H,2,3)/p-1/b30-13+;/t10-,18-;/m1./s1. The molecule has 49 heavy (non-hydrogen) atoms. The first-order valence-corrected chi connectivity index (χ1v) is 16.3. The maximum atomic E-state index is 13.3. The first-order chi connectivity index (χ1) is 22.9. The van der Waals surface area contributed by atoms with Gasteiger partial charge < -0.3 is 51.7 Å². The number of amides is 3. The number of nitrogens with two attached hydrogens (primary N) is 3. The van der Waals surface area contributed by atoms with Gasteiger partial charge in [0, 0.05) is 29.3 Å². The molecule has 0 aromatic carbocycles. The highest BCUT2D eigenvalue weighted by Crippen LogP contribution is 2.45. The molecule has 23 nitrogen and oxygen atoms in total. The molecule has 2 aromatic rings. The van der Waals surface area contributed by atoms with E-state index in [0.29, 0.717) is 5.57 Å². The van der Waals surface area contributed by atoms with Gasteiger partial charge in [-0.25, -0.2) is 18.6 Å². The fourth-order valence-electron chi connectivity index (χ4n) is 4.30. The number of ketones is 1. The molecule has 26 heteroatoms. The number of Topliss-reactive ketones (excluding diaryl/α,β-unsaturated/α-hetero) is 1. The number of hydrogen-bond donors (Lipinski definition) is 7. The van der Waals surface area contributed by atoms with E-state index in [4.69, 9.17) is 36.1 Å². The van der Waals surface area contributed by atoms with Crippen molar-refractivity contribution in [2.45, 2.75) is 37.8 Å². The number of nitrogen functional groups attached to an aromatic ring is 2. The number of carbonyl (C=O) groups is 5. The Hall–Kier alpha value is -4.73. The third-order valence-corrected chi connectivity index (χ3v) is 8.82. The number of carboxylic acids is 2. The van der Waals surface area contributed by atoms with Gasteiger partial charge in [0.25, 0.3) is 0 Å². The van der Waals surface area contributed by atoms with Crippen molar-refractivity contribution in [3.63, 3.8) is 0 Å². The fraction of sp³-hybridized carbons (Fsp3) is 0.435. The van der Waals surface area contributed by atoms with Gasteiger partial charge in [-0.15, -0.1) is 21.1 Å². The number of rotatable bonds is 13. The Morgan fingerprint density at radius 1 is 1.29 bits per heavy atom. The second-order valence-corrected chi connectivity index (χ2v) is 12.8. The van der Waals surface area contributed by atoms with Crippen LogP contribution in [0.5, 0.6) is 0 Å². The molecular formula is C23H30N11O12S3-. The SMILES string of the molecule is Cn1c(N)c(NC(=O)NCN)c[n+]1CC1=C(C(=O)O)N2C(=O)[C@@H](CC(=O)/C(=N\OC(C)(C)C(=O)O)c3nsc(N)n3)[C@H]2SC1.O=S([O-])O[O-]. The number of aromatic nitrogens is 4. The van der Waals surface area contributed by atoms with E-state index in [0.717, 1.165) is 16.4 Å². The van der Waals surface area contributed by atoms with E-state index in [9.17, 15) is 34.2 Å². The number of thioether (sulfide) groups is 1. The highest BCUT2D eigenvalue weighted by Gasteiger charge is 2.54. The normalized spacial score (nSPS) is 18.0. The Morgan fingerprint density at radius 3 is 2.47 bits per heavy atom. The summed E-state index contributed by atoms with van der Waals surface area (Å²) in [7, 11) is 1.61. The minimum Gasteiger partial charge on any atom is -0.750 e. The van der Waals surface area contributed by atoms with Crippen molar-refractivity contribution < 1.29 is 62.1 Å². The van der Waals surface area contributed by atoms with Crippen LogP contribution in [0.2, 0.25) is 0 Å². The molecule has 0 aliphatic carbocycles. The number of β-lactam (4-membered cyclic amide) rings is 1. The molecule has 0 radical (unpaired) electrons. The molecule has 3 atom stereocenters. The maximum absolute atomic E-state index is 13.3. The lowest BCUT2D eigenvalue weighted by molar-refractivity contribution is -0.765. The van der Waals surface area contributed by atoms with E-state index >= 15 is 0 Å². The number of fused-ring (bicyclic) bond motifs is 1. The summed E-state index contributed by atoms with van der Waals surface area (Å²) in [5, 5.41) is 35.9. The van der Waals surface area contributed by atoms with Crippen LogP contribution in [-0.2, 0) is 53.3 Å². The Bertz CT molecular complexity index is 1720. The maximum Gasteiger partial charge on any atom is 0.352 e. The van der Waals surface area contributed by atoms with Crippen molar-refractivity contribution in [3.8, 4) is 0 Å². The van der Waals surface area contributed by atoms with Gasteiger partial charge in [-0.2, -0.15) is 9.36 Å². The highest BCUT2D eigenvalue weighted by molar-refractivity contribution is 8.00. The zero-order valence-corrected chi connectivity index (χ0v) is 28.1. The molecule has 4 heterocycles. The summed E-state index contributed by atoms with van der Waals surface area (Å²) >= 11 is -0.829. The second-order valence-electron chi connectivity index (χ2n) is 10.4. The molecule has 10 N–H and O–H groups in total. The largest absolute Gasteiger partial charge is 0.750 e. The zero-order chi connectivity index (χ0) is 36.8. The van der Waals surface area contributed by atoms with Crippen LogP contribution in [0, 0.1) is 5.92 Å². The molecule has 2 aliphatic rings. The minimum atomic E-state index is -2.88. The Labute approximate surface area is 286 Å². The minimum absolute atomic E-state index is 0.0232. The van der Waals surface area contributed by atoms with Crippen LogP contribution < -0.4 is 37.8 Å². The smallest absolute Gasteiger partial charge is 0.352 e. The van der Waals surface area contributed by atoms with E-state index in [1.165, 1.54) is 36.5 Å². The van der Waals surface area contributed by atoms with E-state index in [1.807, 2.05) is 0 Å². The van der Waals surface area contributed by atoms with Crippen LogP contribution in [0.4, 0.5) is 21.4 Å². The topological polar surface area (TPSA) is 360 Å². The van der Waals surface area contributed by atoms with Crippen molar-refractivity contribution in [1.29, 1.82) is 0 Å². The van der Waals surface area contributed by atoms with Gasteiger partial charge in [-0.1, -0.05) is 5.16 Å². The van der Waals surface area contributed by atoms with Gasteiger partial charge in [0.05, 0.1) is 36.4 Å². The lowest BCUT2D eigenvalue weighted by Gasteiger charge is -2.49. The summed E-state index contributed by atoms with van der Waals surface area (Å²) in [6.45, 7) is 2.39. The Morgan fingerprint density at radius 2 is 1.94 bits per heavy atom. The third kappa shape index (κ3) is 9.04. The van der Waals surface area contributed by atoms with Crippen molar-refractivity contribution >= 4 is 86.7 Å². The molecule has 1 fully saturated rings. The number of oxime groups is 1. The molecule has 1 unspecified atom stereocenters. The van der Waals surface area contributed by atoms with Crippen LogP contribution in [0.3, 0.4) is 0 Å². The number of urea groups is 1. The van der Waals surface area contributed by atoms with Crippen molar-refractivity contribution in [3.05, 3.63) is 23.3 Å². The second kappa shape index (κ2) is 16.1. The number of nitrogens with one attached hydrogen (secondary N) is 2. The monoisotopic (exact) mass is 748 g/mol.